The van der Waals surface area contributed by atoms with Crippen molar-refractivity contribution in [3.05, 3.63) is 29.8 Å². The number of aliphatic hydroxyl groups is 1. The summed E-state index contributed by atoms with van der Waals surface area (Å²) in [4.78, 5) is 0. The first-order valence-corrected chi connectivity index (χ1v) is 6.70. The summed E-state index contributed by atoms with van der Waals surface area (Å²) in [6.45, 7) is 5.77. The summed E-state index contributed by atoms with van der Waals surface area (Å²) in [6, 6.07) is 7.60. The van der Waals surface area contributed by atoms with Crippen LogP contribution in [0.3, 0.4) is 0 Å². The van der Waals surface area contributed by atoms with Gasteiger partial charge in [0.15, 0.2) is 0 Å². The molecule has 4 heteroatoms. The molecule has 0 aliphatic carbocycles. The molecule has 1 atom stereocenters. The van der Waals surface area contributed by atoms with Gasteiger partial charge >= 0.3 is 0 Å². The number of para-hydroxylation sites is 1. The van der Waals surface area contributed by atoms with E-state index in [1.54, 1.807) is 0 Å². The molecule has 1 aromatic carbocycles. The minimum atomic E-state index is -0.738. The fraction of sp³-hybridized carbons (Fsp3) is 0.538. The van der Waals surface area contributed by atoms with Gasteiger partial charge < -0.3 is 10.8 Å². The summed E-state index contributed by atoms with van der Waals surface area (Å²) in [5, 5.41) is 10.5. The van der Waals surface area contributed by atoms with Crippen LogP contribution in [-0.4, -0.2) is 22.9 Å². The lowest BCUT2D eigenvalue weighted by molar-refractivity contribution is -0.00757. The molecule has 0 amide bonds. The van der Waals surface area contributed by atoms with Crippen LogP contribution in [0.4, 0.5) is 5.69 Å². The predicted molar refractivity (Wildman–Crippen MR) is 76.6 cm³/mol. The van der Waals surface area contributed by atoms with Crippen LogP contribution in [0.1, 0.15) is 32.3 Å². The smallest absolute Gasteiger partial charge is 0.0940 e. The first-order valence-electron chi connectivity index (χ1n) is 6.19. The molecule has 0 saturated carbocycles. The highest BCUT2D eigenvalue weighted by atomic mass is 31.0. The largest absolute Gasteiger partial charge is 0.398 e. The van der Waals surface area contributed by atoms with Crippen LogP contribution in [0.2, 0.25) is 0 Å². The van der Waals surface area contributed by atoms with Gasteiger partial charge in [0.05, 0.1) is 5.60 Å². The number of piperidine rings is 1. The Balaban J connectivity index is 0.000000686. The minimum Gasteiger partial charge on any atom is -0.398 e. The molecule has 0 radical (unpaired) electrons. The van der Waals surface area contributed by atoms with E-state index < -0.39 is 5.60 Å². The first-order chi connectivity index (χ1) is 8.12. The highest BCUT2D eigenvalue weighted by Crippen LogP contribution is 2.36. The zero-order chi connectivity index (χ0) is 12.9. The van der Waals surface area contributed by atoms with E-state index in [0.717, 1.165) is 31.5 Å². The molecule has 1 fully saturated rings. The van der Waals surface area contributed by atoms with Gasteiger partial charge in [-0.05, 0) is 18.9 Å². The molecular weight excluding hydrogens is 231 g/mol. The number of benzene rings is 1. The molecule has 0 bridgehead atoms. The molecular formula is C13H23N2OP. The van der Waals surface area contributed by atoms with Gasteiger partial charge in [0.25, 0.3) is 0 Å². The van der Waals surface area contributed by atoms with E-state index >= 15 is 0 Å². The fourth-order valence-electron chi connectivity index (χ4n) is 2.08. The average molecular weight is 254 g/mol. The van der Waals surface area contributed by atoms with Crippen molar-refractivity contribution in [1.29, 1.82) is 0 Å². The highest BCUT2D eigenvalue weighted by Gasteiger charge is 2.34. The standard InChI is InChI=1S/C11H17N2OP.C2H6/c12-10-4-2-1-3-9(10)11(14)5-7-13(15)8-6-11;1-2/h1-4,14H,5-8,12,15H2;1-2H3. The number of anilines is 1. The first kappa shape index (κ1) is 14.4. The Labute approximate surface area is 106 Å². The van der Waals surface area contributed by atoms with Gasteiger partial charge in [-0.3, -0.25) is 4.67 Å². The number of nitrogens with two attached hydrogens (primary N) is 1. The number of nitrogens with zero attached hydrogens (tertiary/aromatic N) is 1. The molecule has 1 saturated heterocycles. The Morgan fingerprint density at radius 3 is 2.29 bits per heavy atom. The summed E-state index contributed by atoms with van der Waals surface area (Å²) in [5.41, 5.74) is 6.72. The SMILES string of the molecule is CC.Nc1ccccc1C1(O)CCN(P)CC1. The maximum Gasteiger partial charge on any atom is 0.0940 e. The Kier molecular flexibility index (Phi) is 5.38. The van der Waals surface area contributed by atoms with Crippen molar-refractivity contribution in [1.82, 2.24) is 4.67 Å². The second kappa shape index (κ2) is 6.34. The van der Waals surface area contributed by atoms with Crippen molar-refractivity contribution in [3.8, 4) is 0 Å². The van der Waals surface area contributed by atoms with Gasteiger partial charge in [0.1, 0.15) is 0 Å². The molecule has 1 aromatic rings. The van der Waals surface area contributed by atoms with Crippen molar-refractivity contribution < 1.29 is 5.11 Å². The van der Waals surface area contributed by atoms with Gasteiger partial charge in [0.2, 0.25) is 0 Å². The van der Waals surface area contributed by atoms with Crippen molar-refractivity contribution in [2.45, 2.75) is 32.3 Å². The average Bonchev–Trinajstić information content (AvgIpc) is 2.36. The summed E-state index contributed by atoms with van der Waals surface area (Å²) in [7, 11) is 2.67. The summed E-state index contributed by atoms with van der Waals surface area (Å²) in [6.07, 6.45) is 1.48. The Morgan fingerprint density at radius 2 is 1.76 bits per heavy atom. The van der Waals surface area contributed by atoms with Gasteiger partial charge in [-0.2, -0.15) is 0 Å². The zero-order valence-corrected chi connectivity index (χ0v) is 11.8. The highest BCUT2D eigenvalue weighted by molar-refractivity contribution is 7.13. The molecule has 0 aromatic heterocycles. The van der Waals surface area contributed by atoms with Crippen LogP contribution in [-0.2, 0) is 5.60 Å². The van der Waals surface area contributed by atoms with Crippen molar-refractivity contribution in [2.24, 2.45) is 0 Å². The lowest BCUT2D eigenvalue weighted by Gasteiger charge is -2.37. The lowest BCUT2D eigenvalue weighted by Crippen LogP contribution is -2.38. The third-order valence-electron chi connectivity index (χ3n) is 3.09. The van der Waals surface area contributed by atoms with Crippen molar-refractivity contribution in [3.63, 3.8) is 0 Å². The second-order valence-electron chi connectivity index (χ2n) is 4.15. The number of rotatable bonds is 1. The van der Waals surface area contributed by atoms with E-state index in [1.807, 2.05) is 38.1 Å². The maximum absolute atomic E-state index is 10.5. The van der Waals surface area contributed by atoms with Gasteiger partial charge in [-0.25, -0.2) is 0 Å². The van der Waals surface area contributed by atoms with E-state index in [-0.39, 0.29) is 0 Å². The molecule has 17 heavy (non-hydrogen) atoms. The Morgan fingerprint density at radius 1 is 1.24 bits per heavy atom. The molecule has 96 valence electrons. The van der Waals surface area contributed by atoms with Gasteiger partial charge in [-0.1, -0.05) is 41.4 Å². The molecule has 0 spiro atoms. The Hall–Kier alpha value is -0.630. The van der Waals surface area contributed by atoms with Crippen LogP contribution in [0, 0.1) is 0 Å². The minimum absolute atomic E-state index is 0.692. The molecule has 3 N–H and O–H groups in total. The van der Waals surface area contributed by atoms with Crippen LogP contribution < -0.4 is 5.73 Å². The van der Waals surface area contributed by atoms with E-state index in [2.05, 4.69) is 14.1 Å². The zero-order valence-electron chi connectivity index (χ0n) is 10.7. The molecule has 1 aliphatic heterocycles. The Bertz CT molecular complexity index is 349. The third kappa shape index (κ3) is 3.41. The van der Waals surface area contributed by atoms with E-state index in [1.165, 1.54) is 0 Å². The lowest BCUT2D eigenvalue weighted by atomic mass is 9.84. The molecule has 1 heterocycles. The van der Waals surface area contributed by atoms with Crippen molar-refractivity contribution in [2.75, 3.05) is 18.8 Å². The normalized spacial score (nSPS) is 19.3. The van der Waals surface area contributed by atoms with E-state index in [9.17, 15) is 5.11 Å². The van der Waals surface area contributed by atoms with E-state index in [4.69, 9.17) is 5.73 Å². The molecule has 1 unspecified atom stereocenters. The molecule has 3 nitrogen and oxygen atoms in total. The van der Waals surface area contributed by atoms with E-state index in [0.29, 0.717) is 5.69 Å². The quantitative estimate of drug-likeness (QED) is 0.597. The number of hydrogen-bond donors (Lipinski definition) is 2. The molecule has 2 rings (SSSR count). The van der Waals surface area contributed by atoms with Crippen LogP contribution in [0.5, 0.6) is 0 Å². The monoisotopic (exact) mass is 254 g/mol. The predicted octanol–water partition coefficient (Wildman–Crippen LogP) is 2.37. The number of nitrogen functional groups attached to an aromatic ring is 1. The number of hydrogen-bond acceptors (Lipinski definition) is 3. The second-order valence-corrected chi connectivity index (χ2v) is 4.89. The van der Waals surface area contributed by atoms with Crippen molar-refractivity contribution >= 4 is 15.1 Å². The fourth-order valence-corrected chi connectivity index (χ4v) is 2.34. The van der Waals surface area contributed by atoms with Crippen LogP contribution in [0.15, 0.2) is 24.3 Å². The summed E-state index contributed by atoms with van der Waals surface area (Å²) >= 11 is 0. The third-order valence-corrected chi connectivity index (χ3v) is 3.60. The topological polar surface area (TPSA) is 49.5 Å². The summed E-state index contributed by atoms with van der Waals surface area (Å²) in [5.74, 6) is 0. The van der Waals surface area contributed by atoms with Crippen LogP contribution in [0.25, 0.3) is 0 Å². The van der Waals surface area contributed by atoms with Gasteiger partial charge in [-0.15, -0.1) is 0 Å². The maximum atomic E-state index is 10.5. The molecule has 1 aliphatic rings. The summed E-state index contributed by atoms with van der Waals surface area (Å²) < 4.78 is 2.15. The van der Waals surface area contributed by atoms with Gasteiger partial charge in [0, 0.05) is 24.3 Å². The van der Waals surface area contributed by atoms with Crippen LogP contribution >= 0.6 is 9.39 Å².